The van der Waals surface area contributed by atoms with E-state index >= 15 is 0 Å². The summed E-state index contributed by atoms with van der Waals surface area (Å²) in [6.45, 7) is 9.99. The molecule has 0 aromatic heterocycles. The van der Waals surface area contributed by atoms with Crippen molar-refractivity contribution < 1.29 is 9.59 Å². The first-order valence-electron chi connectivity index (χ1n) is 7.96. The standard InChI is InChI=1S/C17H24BrN3O2/c1-4-19-7-9-20(10-8-19)17(23)12-21(14(3)22)15-6-5-13(2)16(18)11-15/h5-6,11H,4,7-10,12H2,1-3H3. The fourth-order valence-corrected chi connectivity index (χ4v) is 3.05. The topological polar surface area (TPSA) is 43.9 Å². The molecule has 0 N–H and O–H groups in total. The molecule has 1 heterocycles. The maximum atomic E-state index is 12.5. The minimum atomic E-state index is -0.124. The normalized spacial score (nSPS) is 15.6. The molecular weight excluding hydrogens is 358 g/mol. The van der Waals surface area contributed by atoms with E-state index in [9.17, 15) is 9.59 Å². The molecule has 0 saturated carbocycles. The molecule has 2 rings (SSSR count). The summed E-state index contributed by atoms with van der Waals surface area (Å²) in [4.78, 5) is 30.2. The van der Waals surface area contributed by atoms with Gasteiger partial charge in [0.15, 0.2) is 0 Å². The van der Waals surface area contributed by atoms with Gasteiger partial charge in [-0.15, -0.1) is 0 Å². The smallest absolute Gasteiger partial charge is 0.242 e. The Morgan fingerprint density at radius 1 is 1.22 bits per heavy atom. The van der Waals surface area contributed by atoms with Crippen LogP contribution in [0.5, 0.6) is 0 Å². The van der Waals surface area contributed by atoms with Crippen molar-refractivity contribution in [3.63, 3.8) is 0 Å². The summed E-state index contributed by atoms with van der Waals surface area (Å²) in [5, 5.41) is 0. The number of likely N-dealkylation sites (N-methyl/N-ethyl adjacent to an activating group) is 1. The number of halogens is 1. The number of nitrogens with zero attached hydrogens (tertiary/aromatic N) is 3. The fourth-order valence-electron chi connectivity index (χ4n) is 2.68. The third-order valence-corrected chi connectivity index (χ3v) is 5.17. The lowest BCUT2D eigenvalue weighted by Crippen LogP contribution is -2.51. The summed E-state index contributed by atoms with van der Waals surface area (Å²) in [5.74, 6) is -0.117. The molecule has 0 aliphatic carbocycles. The van der Waals surface area contributed by atoms with E-state index in [0.29, 0.717) is 0 Å². The second kappa shape index (κ2) is 7.93. The van der Waals surface area contributed by atoms with E-state index < -0.39 is 0 Å². The highest BCUT2D eigenvalue weighted by molar-refractivity contribution is 9.10. The molecule has 0 spiro atoms. The van der Waals surface area contributed by atoms with Gasteiger partial charge >= 0.3 is 0 Å². The van der Waals surface area contributed by atoms with Gasteiger partial charge in [-0.3, -0.25) is 9.59 Å². The molecule has 1 aliphatic heterocycles. The van der Waals surface area contributed by atoms with E-state index in [1.807, 2.05) is 30.0 Å². The number of hydrogen-bond acceptors (Lipinski definition) is 3. The molecular formula is C17H24BrN3O2. The Morgan fingerprint density at radius 3 is 2.39 bits per heavy atom. The van der Waals surface area contributed by atoms with Crippen molar-refractivity contribution in [3.05, 3.63) is 28.2 Å². The number of carbonyl (C=O) groups is 2. The third kappa shape index (κ3) is 4.54. The number of hydrogen-bond donors (Lipinski definition) is 0. The minimum Gasteiger partial charge on any atom is -0.339 e. The average molecular weight is 382 g/mol. The Kier molecular flexibility index (Phi) is 6.18. The van der Waals surface area contributed by atoms with Gasteiger partial charge in [-0.2, -0.15) is 0 Å². The molecule has 1 aromatic carbocycles. The van der Waals surface area contributed by atoms with Crippen LogP contribution >= 0.6 is 15.9 Å². The molecule has 23 heavy (non-hydrogen) atoms. The highest BCUT2D eigenvalue weighted by Crippen LogP contribution is 2.24. The first-order valence-corrected chi connectivity index (χ1v) is 8.76. The van der Waals surface area contributed by atoms with Gasteiger partial charge in [0, 0.05) is 43.3 Å². The Balaban J connectivity index is 2.06. The first kappa shape index (κ1) is 17.9. The molecule has 0 radical (unpaired) electrons. The van der Waals surface area contributed by atoms with Crippen LogP contribution in [0.3, 0.4) is 0 Å². The Bertz CT molecular complexity index is 583. The van der Waals surface area contributed by atoms with Gasteiger partial charge in [-0.25, -0.2) is 0 Å². The number of anilines is 1. The third-order valence-electron chi connectivity index (χ3n) is 4.31. The molecule has 1 aromatic rings. The highest BCUT2D eigenvalue weighted by atomic mass is 79.9. The SMILES string of the molecule is CCN1CCN(C(=O)CN(C(C)=O)c2ccc(C)c(Br)c2)CC1. The zero-order chi connectivity index (χ0) is 17.0. The molecule has 0 unspecified atom stereocenters. The minimum absolute atomic E-state index is 0.00708. The number of aryl methyl sites for hydroxylation is 1. The highest BCUT2D eigenvalue weighted by Gasteiger charge is 2.24. The van der Waals surface area contributed by atoms with E-state index in [0.717, 1.165) is 48.4 Å². The van der Waals surface area contributed by atoms with Crippen molar-refractivity contribution >= 4 is 33.4 Å². The van der Waals surface area contributed by atoms with Crippen molar-refractivity contribution in [2.45, 2.75) is 20.8 Å². The van der Waals surface area contributed by atoms with Crippen LogP contribution in [0.4, 0.5) is 5.69 Å². The Labute approximate surface area is 146 Å². The van der Waals surface area contributed by atoms with E-state index in [4.69, 9.17) is 0 Å². The Morgan fingerprint density at radius 2 is 1.87 bits per heavy atom. The maximum absolute atomic E-state index is 12.5. The summed E-state index contributed by atoms with van der Waals surface area (Å²) in [6.07, 6.45) is 0. The largest absolute Gasteiger partial charge is 0.339 e. The summed E-state index contributed by atoms with van der Waals surface area (Å²) in [6, 6.07) is 5.71. The predicted molar refractivity (Wildman–Crippen MR) is 95.6 cm³/mol. The summed E-state index contributed by atoms with van der Waals surface area (Å²) < 4.78 is 0.935. The zero-order valence-corrected chi connectivity index (χ0v) is 15.6. The molecule has 2 amide bonds. The van der Waals surface area contributed by atoms with Crippen molar-refractivity contribution in [1.29, 1.82) is 0 Å². The Hall–Kier alpha value is -1.40. The van der Waals surface area contributed by atoms with Gasteiger partial charge in [0.2, 0.25) is 11.8 Å². The van der Waals surface area contributed by atoms with E-state index in [-0.39, 0.29) is 18.4 Å². The number of benzene rings is 1. The van der Waals surface area contributed by atoms with Crippen molar-refractivity contribution in [2.24, 2.45) is 0 Å². The van der Waals surface area contributed by atoms with Crippen LogP contribution in [-0.4, -0.2) is 60.9 Å². The summed E-state index contributed by atoms with van der Waals surface area (Å²) in [5.41, 5.74) is 1.84. The van der Waals surface area contributed by atoms with E-state index in [1.165, 1.54) is 6.92 Å². The lowest BCUT2D eigenvalue weighted by atomic mass is 10.2. The van der Waals surface area contributed by atoms with Crippen LogP contribution in [0.2, 0.25) is 0 Å². The second-order valence-corrected chi connectivity index (χ2v) is 6.71. The van der Waals surface area contributed by atoms with Gasteiger partial charge in [0.05, 0.1) is 0 Å². The predicted octanol–water partition coefficient (Wildman–Crippen LogP) is 2.27. The first-order chi connectivity index (χ1) is 10.9. The fraction of sp³-hybridized carbons (Fsp3) is 0.529. The van der Waals surface area contributed by atoms with Gasteiger partial charge in [-0.05, 0) is 31.2 Å². The van der Waals surface area contributed by atoms with Gasteiger partial charge < -0.3 is 14.7 Å². The summed E-state index contributed by atoms with van der Waals surface area (Å²) in [7, 11) is 0. The van der Waals surface area contributed by atoms with Crippen LogP contribution in [0.15, 0.2) is 22.7 Å². The molecule has 5 nitrogen and oxygen atoms in total. The van der Waals surface area contributed by atoms with Crippen LogP contribution in [0.1, 0.15) is 19.4 Å². The molecule has 0 bridgehead atoms. The van der Waals surface area contributed by atoms with E-state index in [1.54, 1.807) is 4.90 Å². The lowest BCUT2D eigenvalue weighted by molar-refractivity contribution is -0.132. The van der Waals surface area contributed by atoms with Gasteiger partial charge in [0.1, 0.15) is 6.54 Å². The number of rotatable bonds is 4. The molecule has 6 heteroatoms. The van der Waals surface area contributed by atoms with E-state index in [2.05, 4.69) is 27.8 Å². The number of carbonyl (C=O) groups excluding carboxylic acids is 2. The van der Waals surface area contributed by atoms with Crippen molar-refractivity contribution in [1.82, 2.24) is 9.80 Å². The zero-order valence-electron chi connectivity index (χ0n) is 14.0. The van der Waals surface area contributed by atoms with Gasteiger partial charge in [0.25, 0.3) is 0 Å². The molecule has 0 atom stereocenters. The number of amides is 2. The van der Waals surface area contributed by atoms with Crippen LogP contribution in [0, 0.1) is 6.92 Å². The summed E-state index contributed by atoms with van der Waals surface area (Å²) >= 11 is 3.48. The quantitative estimate of drug-likeness (QED) is 0.803. The molecule has 1 saturated heterocycles. The van der Waals surface area contributed by atoms with Crippen LogP contribution in [-0.2, 0) is 9.59 Å². The molecule has 126 valence electrons. The lowest BCUT2D eigenvalue weighted by Gasteiger charge is -2.35. The maximum Gasteiger partial charge on any atom is 0.242 e. The molecule has 1 fully saturated rings. The number of piperazine rings is 1. The van der Waals surface area contributed by atoms with Crippen LogP contribution in [0.25, 0.3) is 0 Å². The monoisotopic (exact) mass is 381 g/mol. The average Bonchev–Trinajstić information content (AvgIpc) is 2.55. The van der Waals surface area contributed by atoms with Crippen molar-refractivity contribution in [2.75, 3.05) is 44.2 Å². The van der Waals surface area contributed by atoms with Gasteiger partial charge in [-0.1, -0.05) is 28.9 Å². The second-order valence-electron chi connectivity index (χ2n) is 5.85. The van der Waals surface area contributed by atoms with Crippen LogP contribution < -0.4 is 4.90 Å². The molecule has 1 aliphatic rings. The van der Waals surface area contributed by atoms with Crippen molar-refractivity contribution in [3.8, 4) is 0 Å².